The van der Waals surface area contributed by atoms with Crippen molar-refractivity contribution < 1.29 is 4.74 Å². The summed E-state index contributed by atoms with van der Waals surface area (Å²) in [6.45, 7) is 0. The number of hydrogen-bond donors (Lipinski definition) is 0. The van der Waals surface area contributed by atoms with Gasteiger partial charge in [0.15, 0.2) is 11.4 Å². The van der Waals surface area contributed by atoms with Gasteiger partial charge < -0.3 is 4.74 Å². The van der Waals surface area contributed by atoms with Crippen LogP contribution in [-0.2, 0) is 0 Å². The predicted octanol–water partition coefficient (Wildman–Crippen LogP) is 1.86. The minimum atomic E-state index is -0.0792. The minimum Gasteiger partial charge on any atom is -0.492 e. The molecule has 0 radical (unpaired) electrons. The van der Waals surface area contributed by atoms with Gasteiger partial charge in [0.25, 0.3) is 5.56 Å². The van der Waals surface area contributed by atoms with E-state index in [-0.39, 0.29) is 5.56 Å². The first-order valence-corrected chi connectivity index (χ1v) is 5.25. The van der Waals surface area contributed by atoms with Crippen LogP contribution < -0.4 is 10.3 Å². The highest BCUT2D eigenvalue weighted by Crippen LogP contribution is 2.26. The summed E-state index contributed by atoms with van der Waals surface area (Å²) in [6, 6.07) is 9.10. The molecule has 3 aromatic rings. The van der Waals surface area contributed by atoms with Gasteiger partial charge in [-0.15, -0.1) is 0 Å². The lowest BCUT2D eigenvalue weighted by atomic mass is 10.1. The summed E-state index contributed by atoms with van der Waals surface area (Å²) < 4.78 is 6.87. The number of fused-ring (bicyclic) bond motifs is 2. The van der Waals surface area contributed by atoms with E-state index in [1.165, 1.54) is 4.40 Å². The summed E-state index contributed by atoms with van der Waals surface area (Å²) in [4.78, 5) is 16.4. The smallest absolute Gasteiger partial charge is 0.264 e. The normalized spacial score (nSPS) is 10.9. The summed E-state index contributed by atoms with van der Waals surface area (Å²) >= 11 is 0. The number of nitrogens with zero attached hydrogens (tertiary/aromatic N) is 2. The fourth-order valence-corrected chi connectivity index (χ4v) is 2.02. The molecule has 0 fully saturated rings. The Morgan fingerprint density at radius 1 is 1.18 bits per heavy atom. The molecule has 0 aliphatic heterocycles. The van der Waals surface area contributed by atoms with E-state index in [1.807, 2.05) is 18.2 Å². The molecule has 17 heavy (non-hydrogen) atoms. The standard InChI is InChI=1S/C13H10N2O2/c1-17-11-9-5-2-3-6-10(9)13(16)15-8-4-7-14-12(11)15/h2-8H,1H3. The zero-order valence-electron chi connectivity index (χ0n) is 9.25. The van der Waals surface area contributed by atoms with Crippen LogP contribution in [0, 0.1) is 0 Å². The molecule has 0 saturated heterocycles. The largest absolute Gasteiger partial charge is 0.492 e. The third-order valence-corrected chi connectivity index (χ3v) is 2.77. The molecule has 1 aromatic carbocycles. The zero-order chi connectivity index (χ0) is 11.8. The third kappa shape index (κ3) is 1.30. The number of ether oxygens (including phenoxy) is 1. The van der Waals surface area contributed by atoms with Crippen LogP contribution in [0.2, 0.25) is 0 Å². The predicted molar refractivity (Wildman–Crippen MR) is 65.5 cm³/mol. The molecule has 0 spiro atoms. The van der Waals surface area contributed by atoms with Crippen molar-refractivity contribution >= 4 is 16.4 Å². The topological polar surface area (TPSA) is 43.6 Å². The lowest BCUT2D eigenvalue weighted by Crippen LogP contribution is -2.15. The molecular weight excluding hydrogens is 216 g/mol. The van der Waals surface area contributed by atoms with Gasteiger partial charge in [-0.3, -0.25) is 9.20 Å². The maximum Gasteiger partial charge on any atom is 0.264 e. The fourth-order valence-electron chi connectivity index (χ4n) is 2.02. The number of pyridine rings is 1. The summed E-state index contributed by atoms with van der Waals surface area (Å²) in [7, 11) is 1.58. The van der Waals surface area contributed by atoms with Gasteiger partial charge in [0.05, 0.1) is 12.5 Å². The fraction of sp³-hybridized carbons (Fsp3) is 0.0769. The van der Waals surface area contributed by atoms with Gasteiger partial charge in [0.2, 0.25) is 0 Å². The van der Waals surface area contributed by atoms with Crippen molar-refractivity contribution in [3.05, 3.63) is 53.1 Å². The van der Waals surface area contributed by atoms with E-state index in [0.29, 0.717) is 16.8 Å². The lowest BCUT2D eigenvalue weighted by molar-refractivity contribution is 0.421. The Kier molecular flexibility index (Phi) is 2.08. The Balaban J connectivity index is 2.68. The Morgan fingerprint density at radius 2 is 1.94 bits per heavy atom. The summed E-state index contributed by atoms with van der Waals surface area (Å²) in [5, 5.41) is 1.42. The summed E-state index contributed by atoms with van der Waals surface area (Å²) in [6.07, 6.45) is 3.34. The number of methoxy groups -OCH3 is 1. The monoisotopic (exact) mass is 226 g/mol. The first-order valence-electron chi connectivity index (χ1n) is 5.25. The van der Waals surface area contributed by atoms with Gasteiger partial charge in [-0.1, -0.05) is 18.2 Å². The van der Waals surface area contributed by atoms with E-state index in [9.17, 15) is 4.79 Å². The number of benzene rings is 1. The highest BCUT2D eigenvalue weighted by molar-refractivity contribution is 5.92. The van der Waals surface area contributed by atoms with E-state index >= 15 is 0 Å². The van der Waals surface area contributed by atoms with Crippen molar-refractivity contribution in [1.29, 1.82) is 0 Å². The zero-order valence-corrected chi connectivity index (χ0v) is 9.25. The van der Waals surface area contributed by atoms with Gasteiger partial charge in [-0.05, 0) is 12.1 Å². The molecule has 0 saturated carbocycles. The SMILES string of the molecule is COc1c2ccccc2c(=O)n2cccnc12. The van der Waals surface area contributed by atoms with Gasteiger partial charge in [-0.25, -0.2) is 4.98 Å². The quantitative estimate of drug-likeness (QED) is 0.595. The van der Waals surface area contributed by atoms with Gasteiger partial charge >= 0.3 is 0 Å². The average molecular weight is 226 g/mol. The first kappa shape index (κ1) is 9.84. The second-order valence-electron chi connectivity index (χ2n) is 3.70. The van der Waals surface area contributed by atoms with Crippen molar-refractivity contribution in [1.82, 2.24) is 9.38 Å². The molecule has 0 unspecified atom stereocenters. The Labute approximate surface area is 97.1 Å². The molecule has 0 atom stereocenters. The van der Waals surface area contributed by atoms with E-state index in [2.05, 4.69) is 4.98 Å². The average Bonchev–Trinajstić information content (AvgIpc) is 2.40. The Hall–Kier alpha value is -2.36. The van der Waals surface area contributed by atoms with Crippen molar-refractivity contribution in [3.8, 4) is 5.75 Å². The maximum absolute atomic E-state index is 12.2. The maximum atomic E-state index is 12.2. The summed E-state index contributed by atoms with van der Waals surface area (Å²) in [5.74, 6) is 0.626. The molecule has 4 heteroatoms. The third-order valence-electron chi connectivity index (χ3n) is 2.77. The van der Waals surface area contributed by atoms with E-state index in [1.54, 1.807) is 31.6 Å². The first-order chi connectivity index (χ1) is 8.33. The van der Waals surface area contributed by atoms with Crippen molar-refractivity contribution in [3.63, 3.8) is 0 Å². The molecule has 84 valence electrons. The number of hydrogen-bond acceptors (Lipinski definition) is 3. The highest BCUT2D eigenvalue weighted by atomic mass is 16.5. The second kappa shape index (κ2) is 3.59. The van der Waals surface area contributed by atoms with Gasteiger partial charge in [0, 0.05) is 17.8 Å². The Bertz CT molecular complexity index is 702. The van der Waals surface area contributed by atoms with Crippen molar-refractivity contribution in [2.24, 2.45) is 0 Å². The molecule has 2 aromatic heterocycles. The molecule has 0 amide bonds. The van der Waals surface area contributed by atoms with Crippen LogP contribution in [0.25, 0.3) is 16.4 Å². The number of rotatable bonds is 1. The van der Waals surface area contributed by atoms with Crippen LogP contribution in [0.4, 0.5) is 0 Å². The van der Waals surface area contributed by atoms with Crippen LogP contribution in [-0.4, -0.2) is 16.5 Å². The van der Waals surface area contributed by atoms with Crippen LogP contribution in [0.15, 0.2) is 47.5 Å². The number of aromatic nitrogens is 2. The van der Waals surface area contributed by atoms with Gasteiger partial charge in [-0.2, -0.15) is 0 Å². The van der Waals surface area contributed by atoms with Crippen LogP contribution >= 0.6 is 0 Å². The molecule has 0 aliphatic carbocycles. The minimum absolute atomic E-state index is 0.0792. The van der Waals surface area contributed by atoms with Crippen LogP contribution in [0.5, 0.6) is 5.75 Å². The molecule has 0 N–H and O–H groups in total. The highest BCUT2D eigenvalue weighted by Gasteiger charge is 2.11. The van der Waals surface area contributed by atoms with Gasteiger partial charge in [0.1, 0.15) is 0 Å². The van der Waals surface area contributed by atoms with E-state index in [0.717, 1.165) is 5.39 Å². The second-order valence-corrected chi connectivity index (χ2v) is 3.70. The molecule has 0 bridgehead atoms. The van der Waals surface area contributed by atoms with Crippen LogP contribution in [0.3, 0.4) is 0 Å². The Morgan fingerprint density at radius 3 is 2.71 bits per heavy atom. The molecule has 0 aliphatic rings. The molecule has 2 heterocycles. The van der Waals surface area contributed by atoms with Crippen LogP contribution in [0.1, 0.15) is 0 Å². The molecule has 4 nitrogen and oxygen atoms in total. The summed E-state index contributed by atoms with van der Waals surface area (Å²) in [5.41, 5.74) is 0.461. The molecular formula is C13H10N2O2. The van der Waals surface area contributed by atoms with E-state index < -0.39 is 0 Å². The van der Waals surface area contributed by atoms with Crippen molar-refractivity contribution in [2.75, 3.05) is 7.11 Å². The van der Waals surface area contributed by atoms with E-state index in [4.69, 9.17) is 4.74 Å². The van der Waals surface area contributed by atoms with Crippen molar-refractivity contribution in [2.45, 2.75) is 0 Å². The molecule has 3 rings (SSSR count). The lowest BCUT2D eigenvalue weighted by Gasteiger charge is -2.09.